The van der Waals surface area contributed by atoms with Gasteiger partial charge in [0.25, 0.3) is 0 Å². The van der Waals surface area contributed by atoms with Gasteiger partial charge < -0.3 is 4.74 Å². The largest absolute Gasteiger partial charge is 0.426 e. The molecule has 1 aromatic rings. The van der Waals surface area contributed by atoms with Crippen LogP contribution in [0.25, 0.3) is 0 Å². The van der Waals surface area contributed by atoms with Crippen LogP contribution in [0.2, 0.25) is 0 Å². The topological polar surface area (TPSA) is 34.0 Å². The fourth-order valence-corrected chi connectivity index (χ4v) is 2.03. The Morgan fingerprint density at radius 2 is 2.06 bits per heavy atom. The summed E-state index contributed by atoms with van der Waals surface area (Å²) in [6, 6.07) is 9.95. The van der Waals surface area contributed by atoms with Gasteiger partial charge in [0.15, 0.2) is 5.90 Å². The summed E-state index contributed by atoms with van der Waals surface area (Å²) in [5, 5.41) is 0. The Hall–Kier alpha value is -1.64. The number of rotatable bonds is 3. The van der Waals surface area contributed by atoms with E-state index in [4.69, 9.17) is 4.74 Å². The highest BCUT2D eigenvalue weighted by Crippen LogP contribution is 2.45. The van der Waals surface area contributed by atoms with Crippen LogP contribution in [0, 0.1) is 0 Å². The van der Waals surface area contributed by atoms with Crippen molar-refractivity contribution >= 4 is 17.5 Å². The van der Waals surface area contributed by atoms with Crippen molar-refractivity contribution in [1.29, 1.82) is 0 Å². The molecule has 17 heavy (non-hydrogen) atoms. The van der Waals surface area contributed by atoms with Gasteiger partial charge in [-0.25, -0.2) is 9.98 Å². The highest BCUT2D eigenvalue weighted by molar-refractivity contribution is 6.05. The Balaban J connectivity index is 1.85. The highest BCUT2D eigenvalue weighted by Gasteiger charge is 2.53. The first-order chi connectivity index (χ1) is 8.32. The summed E-state index contributed by atoms with van der Waals surface area (Å²) in [6.07, 6.45) is 4.13. The second-order valence-corrected chi connectivity index (χ2v) is 4.64. The van der Waals surface area contributed by atoms with E-state index < -0.39 is 0 Å². The zero-order chi connectivity index (χ0) is 11.7. The molecular formula is C14H16N2O. The first-order valence-electron chi connectivity index (χ1n) is 6.23. The average Bonchev–Trinajstić information content (AvgIpc) is 3.03. The van der Waals surface area contributed by atoms with Crippen molar-refractivity contribution in [1.82, 2.24) is 0 Å². The second kappa shape index (κ2) is 3.99. The van der Waals surface area contributed by atoms with Crippen molar-refractivity contribution in [2.75, 3.05) is 0 Å². The smallest absolute Gasteiger partial charge is 0.224 e. The first-order valence-corrected chi connectivity index (χ1v) is 6.23. The summed E-state index contributed by atoms with van der Waals surface area (Å²) in [5.74, 6) is 1.66. The summed E-state index contributed by atoms with van der Waals surface area (Å²) in [5.41, 5.74) is 0.849. The summed E-state index contributed by atoms with van der Waals surface area (Å²) >= 11 is 0. The molecule has 0 radical (unpaired) electrons. The fourth-order valence-electron chi connectivity index (χ4n) is 2.03. The summed E-state index contributed by atoms with van der Waals surface area (Å²) in [6.45, 7) is 2.14. The van der Waals surface area contributed by atoms with E-state index in [0.29, 0.717) is 0 Å². The second-order valence-electron chi connectivity index (χ2n) is 4.64. The van der Waals surface area contributed by atoms with Crippen molar-refractivity contribution in [2.24, 2.45) is 9.98 Å². The molecule has 0 bridgehead atoms. The number of hydrogen-bond acceptors (Lipinski definition) is 3. The molecule has 1 saturated carbocycles. The van der Waals surface area contributed by atoms with E-state index in [-0.39, 0.29) is 5.54 Å². The van der Waals surface area contributed by atoms with Gasteiger partial charge in [0.2, 0.25) is 5.90 Å². The van der Waals surface area contributed by atoms with Gasteiger partial charge in [0.05, 0.1) is 5.69 Å². The quantitative estimate of drug-likeness (QED) is 0.779. The van der Waals surface area contributed by atoms with Crippen LogP contribution >= 0.6 is 0 Å². The molecule has 0 unspecified atom stereocenters. The summed E-state index contributed by atoms with van der Waals surface area (Å²) in [4.78, 5) is 9.25. The first kappa shape index (κ1) is 10.5. The molecule has 0 N–H and O–H groups in total. The van der Waals surface area contributed by atoms with E-state index in [1.54, 1.807) is 0 Å². The van der Waals surface area contributed by atoms with Crippen molar-refractivity contribution in [3.05, 3.63) is 30.3 Å². The van der Waals surface area contributed by atoms with E-state index in [9.17, 15) is 0 Å². The molecule has 0 amide bonds. The molecule has 3 rings (SSSR count). The van der Waals surface area contributed by atoms with Gasteiger partial charge in [-0.15, -0.1) is 0 Å². The number of ether oxygens (including phenoxy) is 1. The molecule has 1 aromatic carbocycles. The normalized spacial score (nSPS) is 22.6. The Morgan fingerprint density at radius 1 is 1.29 bits per heavy atom. The Morgan fingerprint density at radius 3 is 2.71 bits per heavy atom. The van der Waals surface area contributed by atoms with E-state index in [2.05, 4.69) is 16.9 Å². The molecule has 0 saturated heterocycles. The van der Waals surface area contributed by atoms with Gasteiger partial charge in [-0.05, 0) is 31.4 Å². The van der Waals surface area contributed by atoms with Crippen LogP contribution in [0.5, 0.6) is 0 Å². The van der Waals surface area contributed by atoms with Crippen LogP contribution in [0.1, 0.15) is 32.6 Å². The van der Waals surface area contributed by atoms with Crippen LogP contribution < -0.4 is 0 Å². The number of aliphatic imine (C=N–C) groups is 2. The van der Waals surface area contributed by atoms with E-state index in [1.807, 2.05) is 30.3 Å². The monoisotopic (exact) mass is 228 g/mol. The minimum absolute atomic E-state index is 0.0969. The molecule has 1 aliphatic heterocycles. The predicted octanol–water partition coefficient (Wildman–Crippen LogP) is 3.48. The Kier molecular flexibility index (Phi) is 2.46. The molecule has 1 aliphatic carbocycles. The number of nitrogens with zero attached hydrogens (tertiary/aromatic N) is 2. The molecule has 1 spiro atoms. The minimum Gasteiger partial charge on any atom is -0.426 e. The molecule has 3 heteroatoms. The van der Waals surface area contributed by atoms with Gasteiger partial charge >= 0.3 is 0 Å². The maximum Gasteiger partial charge on any atom is 0.224 e. The molecule has 1 heterocycles. The van der Waals surface area contributed by atoms with E-state index >= 15 is 0 Å². The Bertz CT molecular complexity index is 472. The molecule has 2 aliphatic rings. The van der Waals surface area contributed by atoms with Crippen LogP contribution in [-0.2, 0) is 4.74 Å². The van der Waals surface area contributed by atoms with Gasteiger partial charge in [0, 0.05) is 6.42 Å². The third-order valence-corrected chi connectivity index (χ3v) is 3.13. The Labute approximate surface area is 101 Å². The van der Waals surface area contributed by atoms with Crippen molar-refractivity contribution < 1.29 is 4.74 Å². The zero-order valence-electron chi connectivity index (χ0n) is 10.0. The average molecular weight is 228 g/mol. The molecule has 1 fully saturated rings. The van der Waals surface area contributed by atoms with Gasteiger partial charge in [-0.3, -0.25) is 0 Å². The molecule has 0 atom stereocenters. The maximum absolute atomic E-state index is 5.78. The van der Waals surface area contributed by atoms with E-state index in [1.165, 1.54) is 0 Å². The number of benzene rings is 1. The lowest BCUT2D eigenvalue weighted by molar-refractivity contribution is 0.530. The molecular weight excluding hydrogens is 212 g/mol. The molecule has 88 valence electrons. The third-order valence-electron chi connectivity index (χ3n) is 3.13. The van der Waals surface area contributed by atoms with Crippen LogP contribution in [-0.4, -0.2) is 17.3 Å². The maximum atomic E-state index is 5.78. The van der Waals surface area contributed by atoms with Gasteiger partial charge in [-0.2, -0.15) is 0 Å². The van der Waals surface area contributed by atoms with Crippen LogP contribution in [0.3, 0.4) is 0 Å². The molecule has 0 aromatic heterocycles. The van der Waals surface area contributed by atoms with Crippen molar-refractivity contribution in [2.45, 2.75) is 38.1 Å². The lowest BCUT2D eigenvalue weighted by Crippen LogP contribution is -2.16. The van der Waals surface area contributed by atoms with Gasteiger partial charge in [-0.1, -0.05) is 25.1 Å². The summed E-state index contributed by atoms with van der Waals surface area (Å²) in [7, 11) is 0. The fraction of sp³-hybridized carbons (Fsp3) is 0.429. The van der Waals surface area contributed by atoms with Crippen molar-refractivity contribution in [3.63, 3.8) is 0 Å². The van der Waals surface area contributed by atoms with Crippen LogP contribution in [0.4, 0.5) is 5.69 Å². The highest BCUT2D eigenvalue weighted by atomic mass is 16.5. The zero-order valence-corrected chi connectivity index (χ0v) is 10.0. The summed E-state index contributed by atoms with van der Waals surface area (Å²) < 4.78 is 5.78. The molecule has 3 nitrogen and oxygen atoms in total. The predicted molar refractivity (Wildman–Crippen MR) is 68.9 cm³/mol. The SMILES string of the molecule is CCCC1=NC2(CC2)C(=Nc2ccccc2)O1. The van der Waals surface area contributed by atoms with Crippen LogP contribution in [0.15, 0.2) is 40.3 Å². The van der Waals surface area contributed by atoms with E-state index in [0.717, 1.165) is 43.2 Å². The number of hydrogen-bond donors (Lipinski definition) is 0. The van der Waals surface area contributed by atoms with Crippen molar-refractivity contribution in [3.8, 4) is 0 Å². The lowest BCUT2D eigenvalue weighted by Gasteiger charge is -2.04. The number of para-hydroxylation sites is 1. The van der Waals surface area contributed by atoms with Gasteiger partial charge in [0.1, 0.15) is 5.54 Å². The minimum atomic E-state index is -0.0969. The third kappa shape index (κ3) is 1.97. The standard InChI is InChI=1S/C14H16N2O/c1-2-6-12-16-14(9-10-14)13(17-12)15-11-7-4-3-5-8-11/h3-5,7-8H,2,6,9-10H2,1H3. The lowest BCUT2D eigenvalue weighted by atomic mass is 10.3.